The lowest BCUT2D eigenvalue weighted by Gasteiger charge is -2.59. The minimum Gasteiger partial charge on any atom is -0.383 e. The molecule has 2 amide bonds. The summed E-state index contributed by atoms with van der Waals surface area (Å²) in [5.41, 5.74) is 12.4. The maximum Gasteiger partial charge on any atom is 0.242 e. The Labute approximate surface area is 488 Å². The Bertz CT molecular complexity index is 3540. The van der Waals surface area contributed by atoms with E-state index in [2.05, 4.69) is 269 Å². The third kappa shape index (κ3) is 5.12. The van der Waals surface area contributed by atoms with Gasteiger partial charge in [0.05, 0.1) is 53.7 Å². The van der Waals surface area contributed by atoms with Gasteiger partial charge >= 0.3 is 0 Å². The van der Waals surface area contributed by atoms with E-state index in [0.29, 0.717) is 0 Å². The number of amides is 2. The molecule has 0 saturated carbocycles. The molecule has 8 heteroatoms. The topological polar surface area (TPSA) is 65.1 Å². The van der Waals surface area contributed by atoms with Crippen LogP contribution in [0.3, 0.4) is 0 Å². The van der Waals surface area contributed by atoms with Crippen LogP contribution in [0.2, 0.25) is 26.2 Å². The highest BCUT2D eigenvalue weighted by atomic mass is 28.3. The van der Waals surface area contributed by atoms with Gasteiger partial charge in [-0.1, -0.05) is 269 Å². The second-order valence-corrected chi connectivity index (χ2v) is 36.1. The number of imide groups is 1. The molecule has 9 aliphatic heterocycles. The summed E-state index contributed by atoms with van der Waals surface area (Å²) in [5, 5.41) is -2.53. The van der Waals surface area contributed by atoms with Crippen LogP contribution in [-0.2, 0) is 44.0 Å². The number of carbonyl (C=O) groups excluding carboxylic acids is 2. The molecule has 0 aromatic heterocycles. The molecule has 8 aromatic carbocycles. The standard InChI is InChI=1S/C75H67NO5Si2/c1-79-47-46-76-68(77)70-64-60-61(73(53-40-24-11-25-41-53)57(49-32-16-7-17-33-49)56(48-30-14-6-15-31-48)72(60,82(73,2)3)52-38-22-10-23-39-52)65(80-64)71(70,69(76)78)67-63-62(66(70)81-67)74(54-42-26-12-27-43-54)58(50-34-18-8-19-35-50)59(51-36-20-9-21-37-51)75(63,83(74,4)5)55-44-28-13-29-45-55/h6-45,60-67H,46-47H2,1-5H3/t60-,61+,62+,63-,64-,65+,66+,67-,70?,71?,72+,73-,74-,75+. The first-order chi connectivity index (χ1) is 40.5. The van der Waals surface area contributed by atoms with Gasteiger partial charge < -0.3 is 14.2 Å². The van der Waals surface area contributed by atoms with Gasteiger partial charge in [0.2, 0.25) is 11.8 Å². The van der Waals surface area contributed by atoms with E-state index in [0.717, 1.165) is 0 Å². The van der Waals surface area contributed by atoms with Gasteiger partial charge in [-0.25, -0.2) is 0 Å². The number of benzene rings is 8. The number of nitrogens with zero attached hydrogens (tertiary/aromatic N) is 1. The lowest BCUT2D eigenvalue weighted by Crippen LogP contribution is -2.71. The van der Waals surface area contributed by atoms with Gasteiger partial charge in [0.1, 0.15) is 10.8 Å². The second kappa shape index (κ2) is 17.0. The van der Waals surface area contributed by atoms with Gasteiger partial charge in [0.25, 0.3) is 0 Å². The molecule has 14 atom stereocenters. The number of methoxy groups -OCH3 is 1. The lowest BCUT2D eigenvalue weighted by atomic mass is 9.37. The molecule has 7 saturated heterocycles. The summed E-state index contributed by atoms with van der Waals surface area (Å²) in [6, 6.07) is 90.3. The average molecular weight is 1120 g/mol. The third-order valence-corrected chi connectivity index (χ3v) is 35.4. The number of hydrogen-bond acceptors (Lipinski definition) is 5. The Morgan fingerprint density at radius 1 is 0.361 bits per heavy atom. The van der Waals surface area contributed by atoms with Gasteiger partial charge in [-0.15, -0.1) is 0 Å². The number of hydrogen-bond donors (Lipinski definition) is 0. The molecule has 0 radical (unpaired) electrons. The highest BCUT2D eigenvalue weighted by Gasteiger charge is 3.03. The van der Waals surface area contributed by atoms with Crippen molar-refractivity contribution in [2.75, 3.05) is 20.3 Å². The Morgan fingerprint density at radius 3 is 0.795 bits per heavy atom. The van der Waals surface area contributed by atoms with Crippen LogP contribution in [0.4, 0.5) is 0 Å². The molecule has 83 heavy (non-hydrogen) atoms. The Balaban J connectivity index is 1.04. The van der Waals surface area contributed by atoms with Gasteiger partial charge in [-0.05, 0) is 66.8 Å². The first kappa shape index (κ1) is 50.2. The van der Waals surface area contributed by atoms with Crippen LogP contribution >= 0.6 is 0 Å². The molecule has 9 aliphatic rings. The quantitative estimate of drug-likeness (QED) is 0.0954. The van der Waals surface area contributed by atoms with Crippen LogP contribution in [-0.4, -0.2) is 77.5 Å². The Hall–Kier alpha value is -7.31. The van der Waals surface area contributed by atoms with Crippen molar-refractivity contribution >= 4 is 50.3 Å². The van der Waals surface area contributed by atoms with Crippen molar-refractivity contribution in [3.05, 3.63) is 287 Å². The lowest BCUT2D eigenvalue weighted by molar-refractivity contribution is -0.154. The normalized spacial score (nSPS) is 36.5. The predicted molar refractivity (Wildman–Crippen MR) is 332 cm³/mol. The van der Waals surface area contributed by atoms with Crippen molar-refractivity contribution in [2.45, 2.75) is 70.8 Å². The molecule has 0 spiro atoms. The third-order valence-electron chi connectivity index (χ3n) is 24.0. The zero-order valence-electron chi connectivity index (χ0n) is 47.6. The molecule has 8 bridgehead atoms. The summed E-state index contributed by atoms with van der Waals surface area (Å²) in [5.74, 6) is -1.16. The van der Waals surface area contributed by atoms with Crippen LogP contribution in [0.15, 0.2) is 243 Å². The monoisotopic (exact) mass is 1120 g/mol. The summed E-state index contributed by atoms with van der Waals surface area (Å²) < 4.78 is 22.7. The van der Waals surface area contributed by atoms with E-state index in [4.69, 9.17) is 14.2 Å². The molecular formula is C75H67NO5Si2. The minimum absolute atomic E-state index is 0.128. The van der Waals surface area contributed by atoms with Crippen LogP contribution in [0, 0.1) is 34.5 Å². The molecule has 410 valence electrons. The molecule has 0 aliphatic carbocycles. The van der Waals surface area contributed by atoms with Crippen LogP contribution in [0.1, 0.15) is 44.5 Å². The van der Waals surface area contributed by atoms with Crippen LogP contribution in [0.5, 0.6) is 0 Å². The number of ether oxygens (including phenoxy) is 3. The number of carbonyl (C=O) groups is 2. The fraction of sp³-hybridized carbons (Fsp3) is 0.280. The Morgan fingerprint density at radius 2 is 0.578 bits per heavy atom. The highest BCUT2D eigenvalue weighted by Crippen LogP contribution is 2.93. The zero-order chi connectivity index (χ0) is 56.1. The molecular weight excluding hydrogens is 1050 g/mol. The van der Waals surface area contributed by atoms with E-state index < -0.39 is 71.5 Å². The fourth-order valence-corrected chi connectivity index (χ4v) is 35.5. The molecule has 0 N–H and O–H groups in total. The maximum absolute atomic E-state index is 17.5. The van der Waals surface area contributed by atoms with E-state index >= 15 is 9.59 Å². The van der Waals surface area contributed by atoms with E-state index in [9.17, 15) is 0 Å². The first-order valence-electron chi connectivity index (χ1n) is 30.2. The molecule has 6 nitrogen and oxygen atoms in total. The number of fused-ring (bicyclic) bond motifs is 18. The largest absolute Gasteiger partial charge is 0.383 e. The van der Waals surface area contributed by atoms with Crippen LogP contribution in [0.25, 0.3) is 22.3 Å². The minimum atomic E-state index is -3.02. The number of likely N-dealkylation sites (tertiary alicyclic amines) is 1. The van der Waals surface area contributed by atoms with Gasteiger partial charge in [-0.2, -0.15) is 0 Å². The van der Waals surface area contributed by atoms with Gasteiger partial charge in [-0.3, -0.25) is 14.5 Å². The molecule has 8 aromatic rings. The maximum atomic E-state index is 17.5. The van der Waals surface area contributed by atoms with E-state index in [1.165, 1.54) is 66.8 Å². The fourth-order valence-electron chi connectivity index (χ4n) is 22.5. The first-order valence-corrected chi connectivity index (χ1v) is 36.2. The Kier molecular flexibility index (Phi) is 10.3. The van der Waals surface area contributed by atoms with Crippen molar-refractivity contribution < 1.29 is 23.8 Å². The molecule has 2 unspecified atom stereocenters. The second-order valence-electron chi connectivity index (χ2n) is 26.5. The average Bonchev–Trinajstić information content (AvgIpc) is 1.41. The summed E-state index contributed by atoms with van der Waals surface area (Å²) in [6.07, 6.45) is -2.75. The SMILES string of the molecule is COCCN1C(=O)C23[C@@H]4O[C@@H]([C@@H]5[C@H]4[C@]4(c6ccccc6)C(c6ccccc6)=C(c6ccccc6)[C@@]5(c5ccccc5)[Si]4(C)C)C2(C1=O)[C@@H]1O[C@H]3[C@@H]2[C@H]1[C@]1(c3ccccc3)C(c3ccccc3)=C(c3ccccc3)[C@@]2(c2ccccc2)[Si]1(C)C. The number of allylic oxidation sites excluding steroid dienone is 4. The predicted octanol–water partition coefficient (Wildman–Crippen LogP) is 13.6. The molecule has 17 rings (SSSR count). The van der Waals surface area contributed by atoms with Gasteiger partial charge in [0.15, 0.2) is 0 Å². The van der Waals surface area contributed by atoms with Gasteiger partial charge in [0, 0.05) is 50.9 Å². The highest BCUT2D eigenvalue weighted by molar-refractivity contribution is 6.91. The van der Waals surface area contributed by atoms with Crippen molar-refractivity contribution in [3.63, 3.8) is 0 Å². The van der Waals surface area contributed by atoms with Crippen molar-refractivity contribution in [1.82, 2.24) is 4.90 Å². The van der Waals surface area contributed by atoms with E-state index in [-0.39, 0.29) is 48.6 Å². The summed E-state index contributed by atoms with van der Waals surface area (Å²) in [7, 11) is -4.36. The smallest absolute Gasteiger partial charge is 0.242 e. The van der Waals surface area contributed by atoms with Crippen LogP contribution < -0.4 is 0 Å². The summed E-state index contributed by atoms with van der Waals surface area (Å²) in [6.45, 7) is 11.1. The summed E-state index contributed by atoms with van der Waals surface area (Å²) >= 11 is 0. The molecule has 7 fully saturated rings. The van der Waals surface area contributed by atoms with E-state index in [1.54, 1.807) is 12.0 Å². The van der Waals surface area contributed by atoms with Crippen molar-refractivity contribution in [1.29, 1.82) is 0 Å². The zero-order valence-corrected chi connectivity index (χ0v) is 49.6. The van der Waals surface area contributed by atoms with E-state index in [1.807, 2.05) is 0 Å². The van der Waals surface area contributed by atoms with Crippen molar-refractivity contribution in [2.24, 2.45) is 34.5 Å². The molecule has 9 heterocycles. The number of rotatable bonds is 11. The summed E-state index contributed by atoms with van der Waals surface area (Å²) in [4.78, 5) is 36.7. The van der Waals surface area contributed by atoms with Crippen molar-refractivity contribution in [3.8, 4) is 0 Å².